The summed E-state index contributed by atoms with van der Waals surface area (Å²) in [5.74, 6) is 0.386. The van der Waals surface area contributed by atoms with Gasteiger partial charge < -0.3 is 13.7 Å². The maximum atomic E-state index is 11.1. The van der Waals surface area contributed by atoms with Gasteiger partial charge in [0.05, 0.1) is 90.6 Å². The van der Waals surface area contributed by atoms with Crippen molar-refractivity contribution in [2.75, 3.05) is 0 Å². The molecule has 9 heteroatoms. The molecule has 0 saturated heterocycles. The molecule has 15 rings (SSSR count). The highest BCUT2D eigenvalue weighted by Crippen LogP contribution is 2.42. The highest BCUT2D eigenvalue weighted by molar-refractivity contribution is 6.14. The fourth-order valence-electron chi connectivity index (χ4n) is 12.2. The van der Waals surface area contributed by atoms with E-state index in [1.54, 1.807) is 12.1 Å². The third kappa shape index (κ3) is 7.74. The molecule has 11 aromatic carbocycles. The van der Waals surface area contributed by atoms with Crippen molar-refractivity contribution in [3.63, 3.8) is 0 Å². The third-order valence-electron chi connectivity index (χ3n) is 16.1. The number of hydrogen-bond acceptors (Lipinski definition) is 6. The minimum Gasteiger partial charge on any atom is -0.309 e. The molecule has 0 aliphatic carbocycles. The minimum absolute atomic E-state index is 0.386. The van der Waals surface area contributed by atoms with Gasteiger partial charge in [0.15, 0.2) is 5.82 Å². The summed E-state index contributed by atoms with van der Waals surface area (Å²) in [6.45, 7) is 0. The molecule has 9 nitrogen and oxygen atoms in total. The largest absolute Gasteiger partial charge is 0.309 e. The van der Waals surface area contributed by atoms with E-state index < -0.39 is 0 Å². The highest BCUT2D eigenvalue weighted by Gasteiger charge is 2.23. The van der Waals surface area contributed by atoms with E-state index in [1.807, 2.05) is 103 Å². The van der Waals surface area contributed by atoms with Gasteiger partial charge in [-0.25, -0.2) is 9.97 Å². The second kappa shape index (κ2) is 19.3. The van der Waals surface area contributed by atoms with Gasteiger partial charge in [0.25, 0.3) is 0 Å². The Hall–Kier alpha value is -12.1. The average Bonchev–Trinajstić information content (AvgIpc) is 3.98. The molecule has 0 N–H and O–H groups in total. The molecule has 382 valence electrons. The van der Waals surface area contributed by atoms with Crippen LogP contribution in [0.3, 0.4) is 0 Å². The summed E-state index contributed by atoms with van der Waals surface area (Å²) in [6, 6.07) is 93.1. The van der Waals surface area contributed by atoms with Crippen LogP contribution in [0.1, 0.15) is 22.3 Å². The van der Waals surface area contributed by atoms with Gasteiger partial charge in [-0.2, -0.15) is 21.0 Å². The first-order valence-electron chi connectivity index (χ1n) is 27.1. The summed E-state index contributed by atoms with van der Waals surface area (Å²) in [7, 11) is 0. The van der Waals surface area contributed by atoms with E-state index in [0.29, 0.717) is 61.8 Å². The number of para-hydroxylation sites is 4. The molecule has 0 saturated carbocycles. The van der Waals surface area contributed by atoms with E-state index in [4.69, 9.17) is 9.97 Å². The summed E-state index contributed by atoms with van der Waals surface area (Å²) in [5, 5.41) is 48.8. The van der Waals surface area contributed by atoms with Crippen LogP contribution in [0.4, 0.5) is 0 Å². The number of nitrogens with zero attached hydrogens (tertiary/aromatic N) is 9. The summed E-state index contributed by atoms with van der Waals surface area (Å²) < 4.78 is 6.81. The van der Waals surface area contributed by atoms with E-state index in [-0.39, 0.29) is 0 Å². The Morgan fingerprint density at radius 2 is 0.663 bits per heavy atom. The minimum atomic E-state index is 0.386. The SMILES string of the molecule is N#Cc1cc(-n2c3ccc(-n4c5ccccc5c5ccccc54)cc3c3cc(-n4c5ccccc5c5ccccc54)ccc32)c(C#N)cc1-c1ccc(-c2ccc(-c3cc(-c4ccccc4C#N)nc(-c4ccccc4C#N)n3)cc2)cc1. The van der Waals surface area contributed by atoms with Crippen molar-refractivity contribution in [3.8, 4) is 97.5 Å². The Bertz CT molecular complexity index is 5020. The smallest absolute Gasteiger partial charge is 0.161 e. The van der Waals surface area contributed by atoms with Crippen molar-refractivity contribution in [2.45, 2.75) is 0 Å². The first-order chi connectivity index (χ1) is 41.0. The first kappa shape index (κ1) is 48.0. The summed E-state index contributed by atoms with van der Waals surface area (Å²) in [5.41, 5.74) is 17.4. The zero-order valence-electron chi connectivity index (χ0n) is 44.2. The average molecular weight is 1060 g/mol. The quantitative estimate of drug-likeness (QED) is 0.149. The molecule has 0 bridgehead atoms. The third-order valence-corrected chi connectivity index (χ3v) is 16.1. The van der Waals surface area contributed by atoms with Crippen molar-refractivity contribution in [2.24, 2.45) is 0 Å². The fraction of sp³-hybridized carbons (Fsp3) is 0. The number of benzene rings is 11. The van der Waals surface area contributed by atoms with Gasteiger partial charge in [0.2, 0.25) is 0 Å². The van der Waals surface area contributed by atoms with Gasteiger partial charge in [-0.3, -0.25) is 0 Å². The second-order valence-electron chi connectivity index (χ2n) is 20.5. The molecule has 0 fully saturated rings. The Balaban J connectivity index is 0.828. The van der Waals surface area contributed by atoms with Crippen molar-refractivity contribution in [1.82, 2.24) is 23.7 Å². The molecule has 0 atom stereocenters. The molecule has 4 heterocycles. The van der Waals surface area contributed by atoms with Crippen molar-refractivity contribution in [3.05, 3.63) is 271 Å². The molecule has 0 radical (unpaired) electrons. The topological polar surface area (TPSA) is 136 Å². The number of fused-ring (bicyclic) bond motifs is 9. The second-order valence-corrected chi connectivity index (χ2v) is 20.5. The monoisotopic (exact) mass is 1060 g/mol. The maximum absolute atomic E-state index is 11.1. The van der Waals surface area contributed by atoms with Crippen molar-refractivity contribution in [1.29, 1.82) is 21.0 Å². The highest BCUT2D eigenvalue weighted by atomic mass is 15.0. The van der Waals surface area contributed by atoms with Gasteiger partial charge in [-0.15, -0.1) is 0 Å². The summed E-state index contributed by atoms with van der Waals surface area (Å²) >= 11 is 0. The van der Waals surface area contributed by atoms with Gasteiger partial charge in [-0.05, 0) is 114 Å². The molecule has 0 aliphatic rings. The van der Waals surface area contributed by atoms with E-state index in [1.165, 1.54) is 21.5 Å². The normalized spacial score (nSPS) is 11.3. The Labute approximate surface area is 476 Å². The standard InChI is InChI=1S/C74H41N9/c75-42-50-13-1-3-15-56(50)66-41-65(79-74(80-66)57-16-4-2-14-51(57)43-76)49-31-27-47(28-32-49)46-25-29-48(30-26-46)62-37-53(45-78)73(38-52(62)44-77)83-71-35-33-54(81-67-21-9-5-17-58(67)59-18-6-10-22-68(59)81)39-63(71)64-40-55(34-36-72(64)83)82-69-23-11-7-19-60(69)61-20-8-12-24-70(61)82/h1-41H. The lowest BCUT2D eigenvalue weighted by atomic mass is 9.94. The molecule has 0 unspecified atom stereocenters. The number of hydrogen-bond donors (Lipinski definition) is 0. The molecule has 0 aliphatic heterocycles. The van der Waals surface area contributed by atoms with Crippen LogP contribution in [0.15, 0.2) is 249 Å². The first-order valence-corrected chi connectivity index (χ1v) is 27.1. The number of aromatic nitrogens is 5. The predicted molar refractivity (Wildman–Crippen MR) is 331 cm³/mol. The number of nitriles is 4. The molecular formula is C74H41N9. The van der Waals surface area contributed by atoms with Crippen LogP contribution < -0.4 is 0 Å². The lowest BCUT2D eigenvalue weighted by Crippen LogP contribution is -2.01. The van der Waals surface area contributed by atoms with Crippen LogP contribution in [-0.4, -0.2) is 23.7 Å². The fourth-order valence-corrected chi connectivity index (χ4v) is 12.2. The Morgan fingerprint density at radius 3 is 1.16 bits per heavy atom. The molecule has 83 heavy (non-hydrogen) atoms. The molecule has 0 spiro atoms. The molecule has 15 aromatic rings. The van der Waals surface area contributed by atoms with Crippen LogP contribution in [-0.2, 0) is 0 Å². The summed E-state index contributed by atoms with van der Waals surface area (Å²) in [4.78, 5) is 9.84. The lowest BCUT2D eigenvalue weighted by Gasteiger charge is -2.15. The Kier molecular flexibility index (Phi) is 11.2. The zero-order valence-corrected chi connectivity index (χ0v) is 44.2. The van der Waals surface area contributed by atoms with Crippen LogP contribution in [0.5, 0.6) is 0 Å². The van der Waals surface area contributed by atoms with Gasteiger partial charge in [0.1, 0.15) is 6.07 Å². The van der Waals surface area contributed by atoms with Gasteiger partial charge in [-0.1, -0.05) is 152 Å². The van der Waals surface area contributed by atoms with Crippen molar-refractivity contribution >= 4 is 65.4 Å². The summed E-state index contributed by atoms with van der Waals surface area (Å²) in [6.07, 6.45) is 0. The molecular weight excluding hydrogens is 1010 g/mol. The lowest BCUT2D eigenvalue weighted by molar-refractivity contribution is 1.15. The van der Waals surface area contributed by atoms with E-state index in [0.717, 1.165) is 77.5 Å². The van der Waals surface area contributed by atoms with E-state index in [2.05, 4.69) is 171 Å². The van der Waals surface area contributed by atoms with Crippen LogP contribution >= 0.6 is 0 Å². The van der Waals surface area contributed by atoms with E-state index >= 15 is 0 Å². The molecule has 0 amide bonds. The van der Waals surface area contributed by atoms with Gasteiger partial charge >= 0.3 is 0 Å². The van der Waals surface area contributed by atoms with E-state index in [9.17, 15) is 21.0 Å². The molecule has 4 aromatic heterocycles. The maximum Gasteiger partial charge on any atom is 0.161 e. The van der Waals surface area contributed by atoms with Gasteiger partial charge in [0, 0.05) is 65.9 Å². The van der Waals surface area contributed by atoms with Crippen LogP contribution in [0.25, 0.3) is 139 Å². The predicted octanol–water partition coefficient (Wildman–Crippen LogP) is 17.6. The van der Waals surface area contributed by atoms with Crippen LogP contribution in [0.2, 0.25) is 0 Å². The van der Waals surface area contributed by atoms with Crippen molar-refractivity contribution < 1.29 is 0 Å². The zero-order chi connectivity index (χ0) is 55.7. The number of rotatable bonds is 8. The van der Waals surface area contributed by atoms with Crippen LogP contribution in [0, 0.1) is 45.3 Å². The Morgan fingerprint density at radius 1 is 0.265 bits per heavy atom.